The van der Waals surface area contributed by atoms with Gasteiger partial charge in [-0.15, -0.1) is 0 Å². The summed E-state index contributed by atoms with van der Waals surface area (Å²) < 4.78 is 1.44. The number of carbonyl (C=O) groups is 1. The van der Waals surface area contributed by atoms with Gasteiger partial charge in [0.25, 0.3) is 11.6 Å². The van der Waals surface area contributed by atoms with Gasteiger partial charge in [-0.25, -0.2) is 4.98 Å². The lowest BCUT2D eigenvalue weighted by Crippen LogP contribution is -2.15. The topological polar surface area (TPSA) is 85.1 Å². The van der Waals surface area contributed by atoms with Crippen LogP contribution in [0.3, 0.4) is 0 Å². The quantitative estimate of drug-likeness (QED) is 0.426. The van der Waals surface area contributed by atoms with Gasteiger partial charge in [-0.2, -0.15) is 0 Å². The Morgan fingerprint density at radius 3 is 2.76 bits per heavy atom. The van der Waals surface area contributed by atoms with E-state index < -0.39 is 10.8 Å². The molecule has 0 aliphatic carbocycles. The molecule has 6 nitrogen and oxygen atoms in total. The summed E-state index contributed by atoms with van der Waals surface area (Å²) in [6.45, 7) is 1.81. The number of hydrogen-bond donors (Lipinski definition) is 1. The number of aryl methyl sites for hydroxylation is 1. The largest absolute Gasteiger partial charge is 0.306 e. The molecule has 0 unspecified atom stereocenters. The number of benzene rings is 1. The number of aromatic nitrogens is 1. The highest BCUT2D eigenvalue weighted by molar-refractivity contribution is 14.1. The van der Waals surface area contributed by atoms with Gasteiger partial charge in [0.05, 0.1) is 10.5 Å². The molecule has 2 aromatic rings. The molecule has 0 fully saturated rings. The highest BCUT2D eigenvalue weighted by Crippen LogP contribution is 2.22. The first-order chi connectivity index (χ1) is 9.88. The van der Waals surface area contributed by atoms with E-state index in [9.17, 15) is 14.9 Å². The minimum atomic E-state index is -0.532. The van der Waals surface area contributed by atoms with Gasteiger partial charge in [-0.05, 0) is 63.1 Å². The molecule has 8 heteroatoms. The van der Waals surface area contributed by atoms with Crippen molar-refractivity contribution >= 4 is 55.9 Å². The van der Waals surface area contributed by atoms with Crippen molar-refractivity contribution in [1.82, 2.24) is 4.98 Å². The number of carbonyl (C=O) groups excluding carboxylic acids is 1. The zero-order valence-corrected chi connectivity index (χ0v) is 14.5. The van der Waals surface area contributed by atoms with Crippen LogP contribution in [0.1, 0.15) is 15.9 Å². The number of rotatable bonds is 3. The highest BCUT2D eigenvalue weighted by atomic mass is 127. The maximum atomic E-state index is 12.3. The number of nitro benzene ring substituents is 1. The second kappa shape index (κ2) is 6.48. The molecule has 2 rings (SSSR count). The van der Waals surface area contributed by atoms with E-state index in [2.05, 4.69) is 26.2 Å². The first-order valence-corrected chi connectivity index (χ1v) is 7.63. The Morgan fingerprint density at radius 2 is 2.14 bits per heavy atom. The molecule has 1 amide bonds. The molecule has 0 saturated heterocycles. The smallest absolute Gasteiger partial charge is 0.270 e. The molecule has 1 N–H and O–H groups in total. The number of nitrogens with zero attached hydrogens (tertiary/aromatic N) is 2. The van der Waals surface area contributed by atoms with Gasteiger partial charge >= 0.3 is 0 Å². The monoisotopic (exact) mass is 461 g/mol. The van der Waals surface area contributed by atoms with Crippen LogP contribution in [0.15, 0.2) is 34.9 Å². The van der Waals surface area contributed by atoms with Crippen molar-refractivity contribution in [3.63, 3.8) is 0 Å². The van der Waals surface area contributed by atoms with E-state index in [0.29, 0.717) is 9.39 Å². The van der Waals surface area contributed by atoms with Gasteiger partial charge in [0.1, 0.15) is 5.82 Å². The third kappa shape index (κ3) is 3.76. The Bertz CT molecular complexity index is 737. The van der Waals surface area contributed by atoms with Crippen LogP contribution in [-0.4, -0.2) is 15.8 Å². The Balaban J connectivity index is 2.32. The molecule has 0 aliphatic heterocycles. The van der Waals surface area contributed by atoms with Gasteiger partial charge in [0, 0.05) is 26.4 Å². The van der Waals surface area contributed by atoms with Crippen molar-refractivity contribution in [2.24, 2.45) is 0 Å². The summed E-state index contributed by atoms with van der Waals surface area (Å²) in [6, 6.07) is 5.98. The van der Waals surface area contributed by atoms with Gasteiger partial charge in [0.15, 0.2) is 0 Å². The van der Waals surface area contributed by atoms with E-state index in [0.717, 1.165) is 10.0 Å². The van der Waals surface area contributed by atoms with Crippen molar-refractivity contribution in [1.29, 1.82) is 0 Å². The lowest BCUT2D eigenvalue weighted by Gasteiger charge is -2.08. The van der Waals surface area contributed by atoms with Crippen LogP contribution in [0, 0.1) is 20.6 Å². The third-order valence-corrected chi connectivity index (χ3v) is 4.06. The first kappa shape index (κ1) is 15.8. The Labute approximate surface area is 142 Å². The number of hydrogen-bond acceptors (Lipinski definition) is 4. The molecule has 108 valence electrons. The average Bonchev–Trinajstić information content (AvgIpc) is 2.42. The van der Waals surface area contributed by atoms with Crippen LogP contribution in [0.4, 0.5) is 11.5 Å². The summed E-state index contributed by atoms with van der Waals surface area (Å²) in [7, 11) is 0. The summed E-state index contributed by atoms with van der Waals surface area (Å²) in [5.74, 6) is -0.00784. The van der Waals surface area contributed by atoms with E-state index in [1.54, 1.807) is 6.20 Å². The number of anilines is 1. The van der Waals surface area contributed by atoms with Crippen LogP contribution in [0.5, 0.6) is 0 Å². The zero-order valence-electron chi connectivity index (χ0n) is 10.8. The number of amides is 1. The minimum Gasteiger partial charge on any atom is -0.306 e. The van der Waals surface area contributed by atoms with E-state index in [4.69, 9.17) is 0 Å². The van der Waals surface area contributed by atoms with Gasteiger partial charge < -0.3 is 5.32 Å². The minimum absolute atomic E-state index is 0.124. The highest BCUT2D eigenvalue weighted by Gasteiger charge is 2.16. The first-order valence-electron chi connectivity index (χ1n) is 5.76. The van der Waals surface area contributed by atoms with E-state index >= 15 is 0 Å². The van der Waals surface area contributed by atoms with Crippen LogP contribution >= 0.6 is 38.5 Å². The maximum absolute atomic E-state index is 12.3. The molecule has 1 heterocycles. The van der Waals surface area contributed by atoms with Crippen molar-refractivity contribution in [2.75, 3.05) is 5.32 Å². The summed E-state index contributed by atoms with van der Waals surface area (Å²) >= 11 is 5.25. The zero-order chi connectivity index (χ0) is 15.6. The molecule has 0 bridgehead atoms. The molecule has 0 aliphatic rings. The fourth-order valence-electron chi connectivity index (χ4n) is 1.65. The summed E-state index contributed by atoms with van der Waals surface area (Å²) in [5, 5.41) is 13.5. The predicted octanol–water partition coefficient (Wildman–Crippen LogP) is 3.92. The fourth-order valence-corrected chi connectivity index (χ4v) is 2.67. The SMILES string of the molecule is Cc1cc(Br)cnc1NC(=O)c1cc([N+](=O)[O-])ccc1I. The Hall–Kier alpha value is -1.55. The standard InChI is InChI=1S/C13H9BrIN3O3/c1-7-4-8(14)6-16-12(7)17-13(19)10-5-9(18(20)21)2-3-11(10)15/h2-6H,1H3,(H,16,17,19). The molecule has 1 aromatic carbocycles. The number of pyridine rings is 1. The fraction of sp³-hybridized carbons (Fsp3) is 0.0769. The number of halogens is 2. The molecule has 0 saturated carbocycles. The Morgan fingerprint density at radius 1 is 1.43 bits per heavy atom. The average molecular weight is 462 g/mol. The number of non-ortho nitro benzene ring substituents is 1. The van der Waals surface area contributed by atoms with Crippen LogP contribution in [0.25, 0.3) is 0 Å². The maximum Gasteiger partial charge on any atom is 0.270 e. The lowest BCUT2D eigenvalue weighted by atomic mass is 10.2. The summed E-state index contributed by atoms with van der Waals surface area (Å²) in [5.41, 5.74) is 0.910. The molecule has 0 spiro atoms. The number of nitrogens with one attached hydrogen (secondary N) is 1. The van der Waals surface area contributed by atoms with Crippen molar-refractivity contribution in [3.05, 3.63) is 59.7 Å². The van der Waals surface area contributed by atoms with Crippen molar-refractivity contribution < 1.29 is 9.72 Å². The predicted molar refractivity (Wildman–Crippen MR) is 90.4 cm³/mol. The lowest BCUT2D eigenvalue weighted by molar-refractivity contribution is -0.384. The molecular formula is C13H9BrIN3O3. The molecule has 0 radical (unpaired) electrons. The van der Waals surface area contributed by atoms with Crippen molar-refractivity contribution in [2.45, 2.75) is 6.92 Å². The molecule has 21 heavy (non-hydrogen) atoms. The second-order valence-electron chi connectivity index (χ2n) is 4.19. The van der Waals surface area contributed by atoms with E-state index in [1.165, 1.54) is 18.2 Å². The normalized spacial score (nSPS) is 10.2. The second-order valence-corrected chi connectivity index (χ2v) is 6.27. The molecular weight excluding hydrogens is 453 g/mol. The van der Waals surface area contributed by atoms with Gasteiger partial charge in [0.2, 0.25) is 0 Å². The summed E-state index contributed by atoms with van der Waals surface area (Å²) in [6.07, 6.45) is 1.57. The van der Waals surface area contributed by atoms with E-state index in [1.807, 2.05) is 35.6 Å². The summed E-state index contributed by atoms with van der Waals surface area (Å²) in [4.78, 5) is 26.6. The molecule has 0 atom stereocenters. The van der Waals surface area contributed by atoms with E-state index in [-0.39, 0.29) is 11.3 Å². The van der Waals surface area contributed by atoms with Crippen molar-refractivity contribution in [3.8, 4) is 0 Å². The van der Waals surface area contributed by atoms with Gasteiger partial charge in [-0.1, -0.05) is 0 Å². The van der Waals surface area contributed by atoms with Crippen LogP contribution < -0.4 is 5.32 Å². The third-order valence-electron chi connectivity index (χ3n) is 2.68. The van der Waals surface area contributed by atoms with Crippen LogP contribution in [0.2, 0.25) is 0 Å². The number of nitro groups is 1. The van der Waals surface area contributed by atoms with Gasteiger partial charge in [-0.3, -0.25) is 14.9 Å². The van der Waals surface area contributed by atoms with Crippen LogP contribution in [-0.2, 0) is 0 Å². The molecule has 1 aromatic heterocycles. The Kier molecular flexibility index (Phi) is 4.88.